The predicted octanol–water partition coefficient (Wildman–Crippen LogP) is 9.91. The number of anilines is 2. The van der Waals surface area contributed by atoms with Crippen molar-refractivity contribution in [2.24, 2.45) is 0 Å². The molecule has 0 saturated carbocycles. The van der Waals surface area contributed by atoms with Gasteiger partial charge < -0.3 is 33.5 Å². The summed E-state index contributed by atoms with van der Waals surface area (Å²) in [5.41, 5.74) is 9.80. The van der Waals surface area contributed by atoms with Crippen LogP contribution >= 0.6 is 0 Å². The van der Waals surface area contributed by atoms with Gasteiger partial charge in [0.05, 0.1) is 47.2 Å². The predicted molar refractivity (Wildman–Crippen MR) is 224 cm³/mol. The number of nitrogens with zero attached hydrogens (tertiary/aromatic N) is 3. The Labute approximate surface area is 330 Å². The van der Waals surface area contributed by atoms with E-state index in [1.54, 1.807) is 14.2 Å². The lowest BCUT2D eigenvalue weighted by molar-refractivity contribution is 0.122. The highest BCUT2D eigenvalue weighted by Gasteiger charge is 2.47. The molecule has 5 aromatic carbocycles. The van der Waals surface area contributed by atoms with Gasteiger partial charge in [0.2, 0.25) is 0 Å². The third kappa shape index (κ3) is 5.63. The summed E-state index contributed by atoms with van der Waals surface area (Å²) in [5, 5.41) is 2.01. The Bertz CT molecular complexity index is 2290. The molecule has 1 atom stereocenters. The number of rotatable bonds is 9. The van der Waals surface area contributed by atoms with Crippen LogP contribution in [-0.2, 0) is 20.5 Å². The molecule has 1 unspecified atom stereocenters. The van der Waals surface area contributed by atoms with Crippen molar-refractivity contribution in [1.82, 2.24) is 0 Å². The molecule has 0 radical (unpaired) electrons. The molecule has 0 bridgehead atoms. The van der Waals surface area contributed by atoms with Gasteiger partial charge >= 0.3 is 0 Å². The Balaban J connectivity index is 1.29. The molecule has 0 spiro atoms. The van der Waals surface area contributed by atoms with E-state index in [9.17, 15) is 0 Å². The number of fused-ring (bicyclic) bond motifs is 8. The molecule has 9 rings (SSSR count). The third-order valence-electron chi connectivity index (χ3n) is 12.6. The van der Waals surface area contributed by atoms with Crippen molar-refractivity contribution in [3.63, 3.8) is 0 Å². The van der Waals surface area contributed by atoms with Crippen LogP contribution in [0.1, 0.15) is 60.9 Å². The van der Waals surface area contributed by atoms with Crippen LogP contribution < -0.4 is 24.0 Å². The molecule has 8 nitrogen and oxygen atoms in total. The van der Waals surface area contributed by atoms with Crippen molar-refractivity contribution in [3.8, 4) is 28.4 Å². The van der Waals surface area contributed by atoms with Gasteiger partial charge in [0.15, 0.2) is 22.8 Å². The highest BCUT2D eigenvalue weighted by molar-refractivity contribution is 6.10. The van der Waals surface area contributed by atoms with Crippen molar-refractivity contribution >= 4 is 33.9 Å². The van der Waals surface area contributed by atoms with E-state index >= 15 is 0 Å². The third-order valence-corrected chi connectivity index (χ3v) is 12.6. The lowest BCUT2D eigenvalue weighted by Gasteiger charge is -2.40. The van der Waals surface area contributed by atoms with Gasteiger partial charge in [-0.25, -0.2) is 4.85 Å². The van der Waals surface area contributed by atoms with Crippen molar-refractivity contribution in [1.29, 1.82) is 0 Å². The van der Waals surface area contributed by atoms with Crippen LogP contribution in [0.5, 0.6) is 17.2 Å². The highest BCUT2D eigenvalue weighted by Crippen LogP contribution is 2.62. The van der Waals surface area contributed by atoms with Gasteiger partial charge in [-0.3, -0.25) is 0 Å². The number of benzene rings is 5. The minimum atomic E-state index is -0.934. The SMILES string of the molecule is [C-]#[N+]c1ccc2c(c1)C(CC)(CCC)c1c3c(c4cc(OC)c(OC)cc4c1-2)OC(c1ccc(N2CCOCC2)cc1)(c1ccc(N2CCOCC2)cc1)C=C3. The van der Waals surface area contributed by atoms with Gasteiger partial charge in [-0.1, -0.05) is 68.8 Å². The number of ether oxygens (including phenoxy) is 5. The molecule has 8 heteroatoms. The lowest BCUT2D eigenvalue weighted by Crippen LogP contribution is -2.37. The maximum absolute atomic E-state index is 7.93. The number of hydrogen-bond donors (Lipinski definition) is 0. The monoisotopic (exact) mass is 747 g/mol. The van der Waals surface area contributed by atoms with Gasteiger partial charge in [-0.2, -0.15) is 0 Å². The molecule has 5 aromatic rings. The zero-order valence-corrected chi connectivity index (χ0v) is 32.8. The lowest BCUT2D eigenvalue weighted by atomic mass is 9.70. The van der Waals surface area contributed by atoms with Gasteiger partial charge in [0.1, 0.15) is 5.75 Å². The molecule has 0 aromatic heterocycles. The van der Waals surface area contributed by atoms with E-state index in [2.05, 4.69) is 113 Å². The topological polar surface area (TPSA) is 57.0 Å². The first kappa shape index (κ1) is 36.2. The zero-order valence-electron chi connectivity index (χ0n) is 32.8. The Morgan fingerprint density at radius 2 is 1.30 bits per heavy atom. The molecule has 0 amide bonds. The Hall–Kier alpha value is -5.49. The molecular weight excluding hydrogens is 699 g/mol. The van der Waals surface area contributed by atoms with E-state index in [0.29, 0.717) is 17.2 Å². The number of hydrogen-bond acceptors (Lipinski definition) is 7. The smallest absolute Gasteiger partial charge is 0.187 e. The first-order valence-electron chi connectivity index (χ1n) is 20.0. The van der Waals surface area contributed by atoms with E-state index in [0.717, 1.165) is 105 Å². The summed E-state index contributed by atoms with van der Waals surface area (Å²) in [6.07, 6.45) is 7.42. The number of morpholine rings is 2. The van der Waals surface area contributed by atoms with Crippen molar-refractivity contribution in [2.45, 2.75) is 44.1 Å². The molecule has 3 aliphatic heterocycles. The van der Waals surface area contributed by atoms with E-state index in [1.807, 2.05) is 6.07 Å². The summed E-state index contributed by atoms with van der Waals surface area (Å²) in [6.45, 7) is 18.9. The summed E-state index contributed by atoms with van der Waals surface area (Å²) in [5.74, 6) is 2.14. The van der Waals surface area contributed by atoms with E-state index in [1.165, 1.54) is 33.6 Å². The van der Waals surface area contributed by atoms with Gasteiger partial charge in [0.25, 0.3) is 0 Å². The van der Waals surface area contributed by atoms with Crippen LogP contribution in [0.25, 0.3) is 32.8 Å². The van der Waals surface area contributed by atoms with Crippen LogP contribution in [0, 0.1) is 6.57 Å². The molecular formula is C48H49N3O5. The fourth-order valence-electron chi connectivity index (χ4n) is 9.78. The maximum Gasteiger partial charge on any atom is 0.187 e. The molecule has 2 saturated heterocycles. The van der Waals surface area contributed by atoms with Gasteiger partial charge in [-0.15, -0.1) is 0 Å². The molecule has 3 heterocycles. The maximum atomic E-state index is 7.93. The summed E-state index contributed by atoms with van der Waals surface area (Å²) >= 11 is 0. The average Bonchev–Trinajstić information content (AvgIpc) is 3.56. The molecule has 2 fully saturated rings. The summed E-state index contributed by atoms with van der Waals surface area (Å²) in [4.78, 5) is 8.65. The second-order valence-electron chi connectivity index (χ2n) is 15.2. The van der Waals surface area contributed by atoms with Gasteiger partial charge in [0, 0.05) is 65.0 Å². The Morgan fingerprint density at radius 3 is 1.82 bits per heavy atom. The summed E-state index contributed by atoms with van der Waals surface area (Å²) in [6, 6.07) is 28.2. The van der Waals surface area contributed by atoms with Crippen molar-refractivity contribution < 1.29 is 23.7 Å². The largest absolute Gasteiger partial charge is 0.493 e. The first-order chi connectivity index (χ1) is 27.5. The minimum absolute atomic E-state index is 0.307. The molecule has 56 heavy (non-hydrogen) atoms. The first-order valence-corrected chi connectivity index (χ1v) is 20.0. The molecule has 1 aliphatic carbocycles. The quantitative estimate of drug-likeness (QED) is 0.139. The molecule has 286 valence electrons. The fourth-order valence-corrected chi connectivity index (χ4v) is 9.78. The van der Waals surface area contributed by atoms with Crippen LogP contribution in [0.15, 0.2) is 84.9 Å². The van der Waals surface area contributed by atoms with Crippen molar-refractivity contribution in [2.75, 3.05) is 76.6 Å². The Morgan fingerprint density at radius 1 is 0.732 bits per heavy atom. The molecule has 0 N–H and O–H groups in total. The van der Waals surface area contributed by atoms with Crippen LogP contribution in [0.4, 0.5) is 17.1 Å². The van der Waals surface area contributed by atoms with Gasteiger partial charge in [-0.05, 0) is 83.0 Å². The highest BCUT2D eigenvalue weighted by atomic mass is 16.5. The Kier molecular flexibility index (Phi) is 9.39. The number of methoxy groups -OCH3 is 2. The summed E-state index contributed by atoms with van der Waals surface area (Å²) in [7, 11) is 3.38. The zero-order chi connectivity index (χ0) is 38.4. The second-order valence-corrected chi connectivity index (χ2v) is 15.2. The van der Waals surface area contributed by atoms with E-state index in [-0.39, 0.29) is 5.41 Å². The minimum Gasteiger partial charge on any atom is -0.493 e. The van der Waals surface area contributed by atoms with Crippen LogP contribution in [-0.4, -0.2) is 66.8 Å². The van der Waals surface area contributed by atoms with Crippen molar-refractivity contribution in [3.05, 3.63) is 124 Å². The van der Waals surface area contributed by atoms with E-state index < -0.39 is 5.60 Å². The molecule has 4 aliphatic rings. The van der Waals surface area contributed by atoms with E-state index in [4.69, 9.17) is 30.3 Å². The normalized spacial score (nSPS) is 19.5. The van der Waals surface area contributed by atoms with Crippen LogP contribution in [0.2, 0.25) is 0 Å². The fraction of sp³-hybridized carbons (Fsp3) is 0.354. The van der Waals surface area contributed by atoms with Crippen LogP contribution in [0.3, 0.4) is 0 Å². The average molecular weight is 748 g/mol. The standard InChI is InChI=1S/C48H49N3O5/c1-6-19-47(7-2)41-29-34(49-3)12-17-37(41)44-39-30-42(52-4)43(53-5)31-40(39)46-38(45(44)47)18-20-48(56-46,32-8-13-35(14-9-32)50-21-25-54-26-22-50)33-10-15-36(16-11-33)51-23-27-55-28-24-51/h8-18,20,29-31H,6-7,19,21-28H2,1-2,4-5H3. The second kappa shape index (κ2) is 14.5. The summed E-state index contributed by atoms with van der Waals surface area (Å²) < 4.78 is 31.0.